The topological polar surface area (TPSA) is 102 Å². The second-order valence-electron chi connectivity index (χ2n) is 15.2. The molecule has 0 amide bonds. The summed E-state index contributed by atoms with van der Waals surface area (Å²) in [5.41, 5.74) is 8.10. The van der Waals surface area contributed by atoms with Crippen molar-refractivity contribution >= 4 is 33.7 Å². The first-order valence-corrected chi connectivity index (χ1v) is 18.2. The molecular formula is C41H46N4O4. The molecule has 0 spiro atoms. The lowest BCUT2D eigenvalue weighted by Crippen LogP contribution is -2.63. The van der Waals surface area contributed by atoms with Gasteiger partial charge in [-0.25, -0.2) is 0 Å². The third-order valence-corrected chi connectivity index (χ3v) is 12.9. The molecule has 2 aromatic carbocycles. The number of carbonyl (C=O) groups excluding carboxylic acids is 1. The Balaban J connectivity index is 0.000000133. The van der Waals surface area contributed by atoms with E-state index in [1.807, 2.05) is 12.1 Å². The summed E-state index contributed by atoms with van der Waals surface area (Å²) in [7, 11) is 1.53. The van der Waals surface area contributed by atoms with Crippen LogP contribution in [0.1, 0.15) is 62.0 Å². The second-order valence-corrected chi connectivity index (χ2v) is 15.2. The largest absolute Gasteiger partial charge is 0.480 e. The number of hydrogen-bond acceptors (Lipinski definition) is 5. The van der Waals surface area contributed by atoms with E-state index in [0.717, 1.165) is 80.7 Å². The number of methoxy groups -OCH3 is 1. The number of benzene rings is 2. The normalized spacial score (nSPS) is 33.4. The fourth-order valence-corrected chi connectivity index (χ4v) is 11.3. The number of carboxylic acid groups (broad SMARTS) is 1. The van der Waals surface area contributed by atoms with E-state index < -0.39 is 16.8 Å². The Morgan fingerprint density at radius 2 is 1.24 bits per heavy atom. The molecule has 254 valence electrons. The molecule has 8 nitrogen and oxygen atoms in total. The molecule has 2 aromatic heterocycles. The summed E-state index contributed by atoms with van der Waals surface area (Å²) in [5, 5.41) is 12.8. The number of H-pyrrole nitrogens is 2. The molecule has 2 fully saturated rings. The Labute approximate surface area is 287 Å². The van der Waals surface area contributed by atoms with E-state index in [9.17, 15) is 14.7 Å². The van der Waals surface area contributed by atoms with Gasteiger partial charge in [-0.2, -0.15) is 0 Å². The Hall–Kier alpha value is -4.14. The minimum atomic E-state index is -0.826. The van der Waals surface area contributed by atoms with Gasteiger partial charge in [0.15, 0.2) is 0 Å². The molecule has 2 aliphatic carbocycles. The van der Waals surface area contributed by atoms with Crippen LogP contribution in [-0.2, 0) is 38.0 Å². The van der Waals surface area contributed by atoms with Crippen molar-refractivity contribution in [2.45, 2.75) is 75.3 Å². The van der Waals surface area contributed by atoms with E-state index in [-0.39, 0.29) is 18.1 Å². The van der Waals surface area contributed by atoms with Crippen LogP contribution in [0.4, 0.5) is 0 Å². The number of fused-ring (bicyclic) bond motifs is 6. The number of ether oxygens (including phenoxy) is 1. The summed E-state index contributed by atoms with van der Waals surface area (Å²) < 4.78 is 5.41. The van der Waals surface area contributed by atoms with E-state index in [0.29, 0.717) is 18.3 Å². The lowest BCUT2D eigenvalue weighted by Gasteiger charge is -2.53. The van der Waals surface area contributed by atoms with Crippen LogP contribution < -0.4 is 0 Å². The fourth-order valence-electron chi connectivity index (χ4n) is 11.3. The van der Waals surface area contributed by atoms with Crippen molar-refractivity contribution in [3.8, 4) is 0 Å². The van der Waals surface area contributed by atoms with Crippen LogP contribution in [0.3, 0.4) is 0 Å². The minimum Gasteiger partial charge on any atom is -0.480 e. The summed E-state index contributed by atoms with van der Waals surface area (Å²) in [6.07, 6.45) is 10.2. The molecular weight excluding hydrogens is 612 g/mol. The number of nitrogens with one attached hydrogen (secondary N) is 2. The smallest absolute Gasteiger partial charge is 0.319 e. The highest BCUT2D eigenvalue weighted by atomic mass is 16.5. The van der Waals surface area contributed by atoms with Crippen LogP contribution in [0.2, 0.25) is 0 Å². The summed E-state index contributed by atoms with van der Waals surface area (Å²) in [6, 6.07) is 16.8. The molecule has 8 aliphatic rings. The highest BCUT2D eigenvalue weighted by Gasteiger charge is 2.61. The van der Waals surface area contributed by atoms with Gasteiger partial charge < -0.3 is 19.8 Å². The second kappa shape index (κ2) is 11.2. The van der Waals surface area contributed by atoms with Crippen LogP contribution in [0.25, 0.3) is 21.8 Å². The van der Waals surface area contributed by atoms with Gasteiger partial charge in [-0.1, -0.05) is 73.5 Å². The predicted octanol–water partition coefficient (Wildman–Crippen LogP) is 6.26. The van der Waals surface area contributed by atoms with Crippen molar-refractivity contribution in [1.29, 1.82) is 0 Å². The maximum Gasteiger partial charge on any atom is 0.319 e. The first-order valence-electron chi connectivity index (χ1n) is 18.2. The Morgan fingerprint density at radius 3 is 1.73 bits per heavy atom. The number of aromatic amines is 2. The van der Waals surface area contributed by atoms with Crippen LogP contribution in [0, 0.1) is 11.8 Å². The Kier molecular flexibility index (Phi) is 7.05. The number of aromatic nitrogens is 2. The standard InChI is InChI=1S/C21H24N2O2.C20H22N2O2/c1-3-14-10-13-11-21(20(24)25-2)18-16(8-9-23(12-13)19(14)21)15-6-4-5-7-17(15)22-18;1-2-13-9-12-10-20(19(23)24)17-15(7-8-22(11-12)18(13)20)14-5-3-4-6-16(14)21-17/h4-7,10,13,19,22H,3,8-9,11-12H2,1-2H3;3-6,9,12,18,21H,2,7-8,10-11H2,1H3,(H,23,24). The molecule has 4 aromatic rings. The summed E-state index contributed by atoms with van der Waals surface area (Å²) in [5.74, 6) is 0.0201. The van der Waals surface area contributed by atoms with Gasteiger partial charge >= 0.3 is 11.9 Å². The van der Waals surface area contributed by atoms with Gasteiger partial charge in [-0.05, 0) is 73.6 Å². The highest BCUT2D eigenvalue weighted by molar-refractivity contribution is 5.93. The van der Waals surface area contributed by atoms with Crippen molar-refractivity contribution < 1.29 is 19.4 Å². The van der Waals surface area contributed by atoms with Crippen LogP contribution in [-0.4, -0.2) is 82.2 Å². The number of nitrogens with zero attached hydrogens (tertiary/aromatic N) is 2. The zero-order valence-corrected chi connectivity index (χ0v) is 28.7. The van der Waals surface area contributed by atoms with Gasteiger partial charge in [0.2, 0.25) is 0 Å². The first kappa shape index (κ1) is 30.9. The van der Waals surface area contributed by atoms with Crippen LogP contribution in [0.15, 0.2) is 71.8 Å². The SMILES string of the molecule is CCC1=CC2CN3CCc4c([nH]c5ccccc45)C(C(=O)O)(C2)C13.CCC1=CC2CN3CCc4c([nH]c5ccccc45)C(C(=O)OC)(C2)C13. The molecule has 49 heavy (non-hydrogen) atoms. The van der Waals surface area contributed by atoms with Crippen molar-refractivity contribution in [3.63, 3.8) is 0 Å². The summed E-state index contributed by atoms with van der Waals surface area (Å²) >= 11 is 0. The molecule has 3 N–H and O–H groups in total. The molecule has 8 atom stereocenters. The van der Waals surface area contributed by atoms with Crippen molar-refractivity contribution in [1.82, 2.24) is 19.8 Å². The molecule has 6 aliphatic heterocycles. The third-order valence-electron chi connectivity index (χ3n) is 12.9. The molecule has 8 heteroatoms. The molecule has 2 saturated heterocycles. The number of carbonyl (C=O) groups is 2. The van der Waals surface area contributed by atoms with Crippen LogP contribution in [0.5, 0.6) is 0 Å². The molecule has 8 unspecified atom stereocenters. The van der Waals surface area contributed by atoms with Crippen molar-refractivity contribution in [2.75, 3.05) is 33.3 Å². The number of carboxylic acids is 1. The third kappa shape index (κ3) is 4.16. The summed E-state index contributed by atoms with van der Waals surface area (Å²) in [6.45, 7) is 8.38. The number of aliphatic carboxylic acids is 1. The Bertz CT molecular complexity index is 2070. The van der Waals surface area contributed by atoms with Crippen LogP contribution >= 0.6 is 0 Å². The van der Waals surface area contributed by atoms with E-state index in [1.165, 1.54) is 40.2 Å². The zero-order chi connectivity index (χ0) is 33.7. The average molecular weight is 659 g/mol. The zero-order valence-electron chi connectivity index (χ0n) is 28.7. The number of hydrogen-bond donors (Lipinski definition) is 3. The van der Waals surface area contributed by atoms with E-state index in [4.69, 9.17) is 4.74 Å². The number of rotatable bonds is 4. The van der Waals surface area contributed by atoms with Crippen molar-refractivity contribution in [3.05, 3.63) is 94.3 Å². The van der Waals surface area contributed by atoms with Gasteiger partial charge in [-0.15, -0.1) is 0 Å². The van der Waals surface area contributed by atoms with Gasteiger partial charge in [0, 0.05) is 59.4 Å². The lowest BCUT2D eigenvalue weighted by atomic mass is 9.60. The number of para-hydroxylation sites is 2. The van der Waals surface area contributed by atoms with Crippen molar-refractivity contribution in [2.24, 2.45) is 11.8 Å². The Morgan fingerprint density at radius 1 is 0.776 bits per heavy atom. The van der Waals surface area contributed by atoms with Gasteiger partial charge in [0.05, 0.1) is 19.2 Å². The van der Waals surface area contributed by atoms with E-state index in [1.54, 1.807) is 0 Å². The molecule has 8 heterocycles. The molecule has 12 rings (SSSR count). The monoisotopic (exact) mass is 658 g/mol. The number of esters is 1. The average Bonchev–Trinajstić information content (AvgIpc) is 3.65. The van der Waals surface area contributed by atoms with Gasteiger partial charge in [0.1, 0.15) is 10.8 Å². The highest BCUT2D eigenvalue weighted by Crippen LogP contribution is 2.54. The van der Waals surface area contributed by atoms with Gasteiger partial charge in [-0.3, -0.25) is 19.4 Å². The summed E-state index contributed by atoms with van der Waals surface area (Å²) in [4.78, 5) is 38.0. The maximum absolute atomic E-state index is 13.2. The first-order chi connectivity index (χ1) is 23.8. The minimum absolute atomic E-state index is 0.000637. The molecule has 8 bridgehead atoms. The maximum atomic E-state index is 13.2. The fraction of sp³-hybridized carbons (Fsp3) is 0.463. The molecule has 0 radical (unpaired) electrons. The van der Waals surface area contributed by atoms with Gasteiger partial charge in [0.25, 0.3) is 0 Å². The lowest BCUT2D eigenvalue weighted by molar-refractivity contribution is -0.154. The van der Waals surface area contributed by atoms with E-state index >= 15 is 0 Å². The number of piperidine rings is 2. The quantitative estimate of drug-likeness (QED) is 0.177. The predicted molar refractivity (Wildman–Crippen MR) is 191 cm³/mol. The van der Waals surface area contributed by atoms with E-state index in [2.05, 4.69) is 82.2 Å². The molecule has 0 saturated carbocycles.